The highest BCUT2D eigenvalue weighted by Crippen LogP contribution is 2.27. The molecule has 0 amide bonds. The van der Waals surface area contributed by atoms with Crippen molar-refractivity contribution in [1.82, 2.24) is 9.88 Å². The van der Waals surface area contributed by atoms with E-state index in [1.165, 1.54) is 0 Å². The third-order valence-corrected chi connectivity index (χ3v) is 2.88. The van der Waals surface area contributed by atoms with E-state index >= 15 is 0 Å². The predicted molar refractivity (Wildman–Crippen MR) is 65.4 cm³/mol. The molecule has 16 heavy (non-hydrogen) atoms. The molecule has 1 aromatic rings. The molecule has 0 bridgehead atoms. The number of aromatic nitrogens is 1. The van der Waals surface area contributed by atoms with Crippen LogP contribution >= 0.6 is 12.4 Å². The Balaban J connectivity index is 0.00000128. The number of pyridine rings is 1. The minimum atomic E-state index is 0. The Morgan fingerprint density at radius 1 is 1.44 bits per heavy atom. The van der Waals surface area contributed by atoms with E-state index in [1.807, 2.05) is 20.9 Å². The summed E-state index contributed by atoms with van der Waals surface area (Å²) in [5.74, 6) is 0.778. The normalized spacial score (nSPS) is 13.2. The van der Waals surface area contributed by atoms with E-state index in [0.717, 1.165) is 30.1 Å². The average molecular weight is 245 g/mol. The van der Waals surface area contributed by atoms with Crippen molar-refractivity contribution in [2.24, 2.45) is 7.05 Å². The highest BCUT2D eigenvalue weighted by molar-refractivity contribution is 5.85. The van der Waals surface area contributed by atoms with Gasteiger partial charge in [-0.1, -0.05) is 0 Å². The first kappa shape index (κ1) is 13.1. The lowest BCUT2D eigenvalue weighted by Crippen LogP contribution is -2.24. The Morgan fingerprint density at radius 2 is 2.12 bits per heavy atom. The fourth-order valence-electron chi connectivity index (χ4n) is 2.08. The second-order valence-electron chi connectivity index (χ2n) is 3.78. The summed E-state index contributed by atoms with van der Waals surface area (Å²) >= 11 is 0. The zero-order valence-corrected chi connectivity index (χ0v) is 10.6. The van der Waals surface area contributed by atoms with Crippen LogP contribution in [0.3, 0.4) is 0 Å². The van der Waals surface area contributed by atoms with Gasteiger partial charge in [-0.25, -0.2) is 0 Å². The van der Waals surface area contributed by atoms with Gasteiger partial charge in [0.05, 0.1) is 12.2 Å². The van der Waals surface area contributed by atoms with Gasteiger partial charge in [0.25, 0.3) is 5.56 Å². The van der Waals surface area contributed by atoms with Gasteiger partial charge in [0.2, 0.25) is 0 Å². The van der Waals surface area contributed by atoms with Crippen LogP contribution in [0.2, 0.25) is 0 Å². The van der Waals surface area contributed by atoms with Gasteiger partial charge < -0.3 is 14.6 Å². The molecule has 5 heteroatoms. The zero-order valence-electron chi connectivity index (χ0n) is 9.79. The quantitative estimate of drug-likeness (QED) is 0.848. The minimum absolute atomic E-state index is 0. The molecule has 4 nitrogen and oxygen atoms in total. The lowest BCUT2D eigenvalue weighted by Gasteiger charge is -2.14. The van der Waals surface area contributed by atoms with Crippen LogP contribution in [0.25, 0.3) is 0 Å². The number of hydrogen-bond donors (Lipinski definition) is 1. The molecule has 0 aromatic carbocycles. The molecule has 0 spiro atoms. The average Bonchev–Trinajstić information content (AvgIpc) is 2.70. The molecule has 0 atom stereocenters. The number of fused-ring (bicyclic) bond motifs is 1. The molecule has 1 aromatic heterocycles. The first-order valence-electron chi connectivity index (χ1n) is 5.21. The van der Waals surface area contributed by atoms with E-state index in [9.17, 15) is 4.79 Å². The van der Waals surface area contributed by atoms with Crippen molar-refractivity contribution in [3.8, 4) is 5.75 Å². The molecule has 0 unspecified atom stereocenters. The lowest BCUT2D eigenvalue weighted by atomic mass is 10.1. The Morgan fingerprint density at radius 3 is 2.75 bits per heavy atom. The molecule has 1 aliphatic rings. The number of ether oxygens (including phenoxy) is 1. The van der Waals surface area contributed by atoms with E-state index < -0.39 is 0 Å². The fraction of sp³-hybridized carbons (Fsp3) is 0.545. The van der Waals surface area contributed by atoms with Crippen LogP contribution in [0.15, 0.2) is 4.79 Å². The molecular formula is C11H17ClN2O2. The van der Waals surface area contributed by atoms with Crippen molar-refractivity contribution in [2.45, 2.75) is 26.9 Å². The fourth-order valence-corrected chi connectivity index (χ4v) is 2.08. The van der Waals surface area contributed by atoms with Crippen molar-refractivity contribution in [2.75, 3.05) is 6.61 Å². The van der Waals surface area contributed by atoms with Gasteiger partial charge in [-0.2, -0.15) is 0 Å². The first-order valence-corrected chi connectivity index (χ1v) is 5.21. The van der Waals surface area contributed by atoms with Crippen molar-refractivity contribution in [1.29, 1.82) is 0 Å². The molecule has 0 saturated heterocycles. The second kappa shape index (κ2) is 4.89. The smallest absolute Gasteiger partial charge is 0.257 e. The second-order valence-corrected chi connectivity index (χ2v) is 3.78. The first-order chi connectivity index (χ1) is 7.16. The largest absolute Gasteiger partial charge is 0.493 e. The molecule has 0 saturated carbocycles. The number of nitrogens with one attached hydrogen (secondary N) is 1. The van der Waals surface area contributed by atoms with Gasteiger partial charge in [0, 0.05) is 31.4 Å². The van der Waals surface area contributed by atoms with E-state index in [-0.39, 0.29) is 18.0 Å². The molecule has 2 rings (SSSR count). The van der Waals surface area contributed by atoms with Crippen LogP contribution in [0.4, 0.5) is 0 Å². The van der Waals surface area contributed by atoms with Crippen LogP contribution in [0.5, 0.6) is 5.75 Å². The van der Waals surface area contributed by atoms with Gasteiger partial charge in [0.15, 0.2) is 0 Å². The van der Waals surface area contributed by atoms with Crippen LogP contribution in [-0.4, -0.2) is 11.2 Å². The monoisotopic (exact) mass is 244 g/mol. The summed E-state index contributed by atoms with van der Waals surface area (Å²) in [5.41, 5.74) is 2.94. The molecule has 0 radical (unpaired) electrons. The summed E-state index contributed by atoms with van der Waals surface area (Å²) in [7, 11) is 1.82. The third kappa shape index (κ3) is 1.83. The van der Waals surface area contributed by atoms with Crippen molar-refractivity contribution < 1.29 is 4.74 Å². The molecule has 0 fully saturated rings. The summed E-state index contributed by atoms with van der Waals surface area (Å²) in [6, 6.07) is 0. The topological polar surface area (TPSA) is 43.3 Å². The lowest BCUT2D eigenvalue weighted by molar-refractivity contribution is 0.332. The van der Waals surface area contributed by atoms with Crippen LogP contribution < -0.4 is 15.6 Å². The minimum Gasteiger partial charge on any atom is -0.493 e. The third-order valence-electron chi connectivity index (χ3n) is 2.88. The zero-order chi connectivity index (χ0) is 11.0. The molecule has 1 N–H and O–H groups in total. The van der Waals surface area contributed by atoms with Crippen molar-refractivity contribution in [3.05, 3.63) is 27.2 Å². The maximum Gasteiger partial charge on any atom is 0.257 e. The van der Waals surface area contributed by atoms with Crippen LogP contribution in [0.1, 0.15) is 23.7 Å². The molecule has 2 heterocycles. The molecule has 0 aliphatic carbocycles. The number of hydrogen-bond acceptors (Lipinski definition) is 3. The predicted octanol–water partition coefficient (Wildman–Crippen LogP) is 1.12. The summed E-state index contributed by atoms with van der Waals surface area (Å²) in [6.45, 7) is 5.90. The summed E-state index contributed by atoms with van der Waals surface area (Å²) in [6.07, 6.45) is 0. The Hall–Kier alpha value is -1.00. The molecule has 90 valence electrons. The molecule has 1 aliphatic heterocycles. The van der Waals surface area contributed by atoms with Crippen molar-refractivity contribution >= 4 is 12.4 Å². The van der Waals surface area contributed by atoms with Gasteiger partial charge in [-0.3, -0.25) is 4.79 Å². The number of nitrogens with zero attached hydrogens (tertiary/aromatic N) is 1. The summed E-state index contributed by atoms with van der Waals surface area (Å²) < 4.78 is 7.28. The highest BCUT2D eigenvalue weighted by atomic mass is 35.5. The SMILES string of the molecule is CCOc1c2c(n(C)c(=O)c1C)CNC2.Cl. The maximum atomic E-state index is 11.9. The van der Waals surface area contributed by atoms with Gasteiger partial charge in [-0.05, 0) is 13.8 Å². The molecular weight excluding hydrogens is 228 g/mol. The standard InChI is InChI=1S/C11H16N2O2.ClH/c1-4-15-10-7(2)11(14)13(3)9-6-12-5-8(9)10;/h12H,4-6H2,1-3H3;1H. The Kier molecular flexibility index (Phi) is 3.99. The van der Waals surface area contributed by atoms with E-state index in [0.29, 0.717) is 12.2 Å². The van der Waals surface area contributed by atoms with Crippen molar-refractivity contribution in [3.63, 3.8) is 0 Å². The van der Waals surface area contributed by atoms with E-state index in [1.54, 1.807) is 4.57 Å². The highest BCUT2D eigenvalue weighted by Gasteiger charge is 2.22. The number of halogens is 1. The Bertz CT molecular complexity index is 454. The maximum absolute atomic E-state index is 11.9. The van der Waals surface area contributed by atoms with Gasteiger partial charge in [-0.15, -0.1) is 12.4 Å². The van der Waals surface area contributed by atoms with Gasteiger partial charge in [0.1, 0.15) is 5.75 Å². The van der Waals surface area contributed by atoms with Gasteiger partial charge >= 0.3 is 0 Å². The Labute approximate surface area is 101 Å². The van der Waals surface area contributed by atoms with E-state index in [4.69, 9.17) is 4.74 Å². The van der Waals surface area contributed by atoms with Crippen LogP contribution in [0, 0.1) is 6.92 Å². The summed E-state index contributed by atoms with van der Waals surface area (Å²) in [5, 5.41) is 3.24. The summed E-state index contributed by atoms with van der Waals surface area (Å²) in [4.78, 5) is 11.9. The van der Waals surface area contributed by atoms with Crippen LogP contribution in [-0.2, 0) is 20.1 Å². The number of rotatable bonds is 2. The van der Waals surface area contributed by atoms with E-state index in [2.05, 4.69) is 5.32 Å².